The van der Waals surface area contributed by atoms with Gasteiger partial charge in [-0.05, 0) is 30.2 Å². The van der Waals surface area contributed by atoms with Crippen LogP contribution < -0.4 is 16.9 Å². The van der Waals surface area contributed by atoms with Crippen LogP contribution in [0, 0.1) is 0 Å². The highest BCUT2D eigenvalue weighted by Crippen LogP contribution is 2.25. The van der Waals surface area contributed by atoms with E-state index in [4.69, 9.17) is 16.0 Å². The Balaban J connectivity index is 1.50. The number of benzene rings is 1. The van der Waals surface area contributed by atoms with Crippen molar-refractivity contribution < 1.29 is 4.42 Å². The number of nitrogen functional groups attached to an aromatic ring is 2. The van der Waals surface area contributed by atoms with Crippen LogP contribution >= 0.6 is 11.8 Å². The maximum atomic E-state index is 6.07. The van der Waals surface area contributed by atoms with E-state index in [0.29, 0.717) is 34.3 Å². The number of furan rings is 1. The van der Waals surface area contributed by atoms with Gasteiger partial charge in [-0.25, -0.2) is 4.68 Å². The van der Waals surface area contributed by atoms with E-state index in [0.717, 1.165) is 17.7 Å². The molecule has 1 aromatic carbocycles. The van der Waals surface area contributed by atoms with E-state index in [9.17, 15) is 0 Å². The second-order valence-electron chi connectivity index (χ2n) is 6.01. The van der Waals surface area contributed by atoms with Crippen molar-refractivity contribution in [2.24, 2.45) is 0 Å². The van der Waals surface area contributed by atoms with Crippen LogP contribution in [0.1, 0.15) is 18.3 Å². The lowest BCUT2D eigenvalue weighted by atomic mass is 10.1. The summed E-state index contributed by atoms with van der Waals surface area (Å²) in [5.74, 6) is 8.47. The third-order valence-electron chi connectivity index (χ3n) is 4.08. The zero-order valence-electron chi connectivity index (χ0n) is 15.6. The van der Waals surface area contributed by atoms with Gasteiger partial charge in [0.2, 0.25) is 22.9 Å². The van der Waals surface area contributed by atoms with Crippen LogP contribution in [-0.4, -0.2) is 29.8 Å². The van der Waals surface area contributed by atoms with E-state index in [1.165, 1.54) is 16.4 Å². The second kappa shape index (κ2) is 8.19. The lowest BCUT2D eigenvalue weighted by Gasteiger charge is -2.10. The van der Waals surface area contributed by atoms with Crippen LogP contribution in [0.15, 0.2) is 52.2 Å². The summed E-state index contributed by atoms with van der Waals surface area (Å²) in [6.07, 6.45) is 2.44. The third-order valence-corrected chi connectivity index (χ3v) is 5.02. The van der Waals surface area contributed by atoms with Gasteiger partial charge in [0, 0.05) is 5.69 Å². The molecule has 5 N–H and O–H groups in total. The molecule has 29 heavy (non-hydrogen) atoms. The lowest BCUT2D eigenvalue weighted by molar-refractivity contribution is 0.574. The van der Waals surface area contributed by atoms with Gasteiger partial charge in [0.1, 0.15) is 5.82 Å². The zero-order valence-corrected chi connectivity index (χ0v) is 16.4. The molecular weight excluding hydrogens is 390 g/mol. The molecular formula is C18H19N9OS. The van der Waals surface area contributed by atoms with Crippen molar-refractivity contribution >= 4 is 29.3 Å². The van der Waals surface area contributed by atoms with E-state index in [1.807, 2.05) is 24.3 Å². The van der Waals surface area contributed by atoms with E-state index in [2.05, 4.69) is 37.4 Å². The maximum absolute atomic E-state index is 6.07. The number of anilines is 3. The van der Waals surface area contributed by atoms with Crippen LogP contribution in [0.5, 0.6) is 0 Å². The largest absolute Gasteiger partial charge is 0.461 e. The molecule has 0 bridgehead atoms. The van der Waals surface area contributed by atoms with Gasteiger partial charge in [0.25, 0.3) is 0 Å². The Kier molecular flexibility index (Phi) is 5.29. The van der Waals surface area contributed by atoms with Gasteiger partial charge in [-0.2, -0.15) is 15.0 Å². The topological polar surface area (TPSA) is 147 Å². The molecule has 0 amide bonds. The number of nitrogens with one attached hydrogen (secondary N) is 1. The SMILES string of the molecule is CCc1ccccc1Nc1nc(N)nc(CSc2nnc(-c3ccco3)n2N)n1. The van der Waals surface area contributed by atoms with E-state index < -0.39 is 0 Å². The van der Waals surface area contributed by atoms with Gasteiger partial charge >= 0.3 is 0 Å². The lowest BCUT2D eigenvalue weighted by Crippen LogP contribution is -2.12. The molecule has 3 aromatic heterocycles. The summed E-state index contributed by atoms with van der Waals surface area (Å²) in [5, 5.41) is 11.9. The standard InChI is InChI=1S/C18H19N9OS/c1-2-11-6-3-4-7-12(11)21-17-23-14(22-16(19)24-17)10-29-18-26-25-15(27(18)20)13-8-5-9-28-13/h3-9H,2,10,20H2,1H3,(H3,19,21,22,23,24). The van der Waals surface area contributed by atoms with Crippen molar-refractivity contribution in [3.63, 3.8) is 0 Å². The van der Waals surface area contributed by atoms with Crippen LogP contribution in [0.25, 0.3) is 11.6 Å². The molecule has 0 atom stereocenters. The summed E-state index contributed by atoms with van der Waals surface area (Å²) < 4.78 is 6.68. The number of hydrogen-bond donors (Lipinski definition) is 3. The normalized spacial score (nSPS) is 10.9. The molecule has 11 heteroatoms. The number of nitrogens with zero attached hydrogens (tertiary/aromatic N) is 6. The quantitative estimate of drug-likeness (QED) is 0.307. The van der Waals surface area contributed by atoms with E-state index in [-0.39, 0.29) is 5.95 Å². The number of thioether (sulfide) groups is 1. The van der Waals surface area contributed by atoms with Crippen molar-refractivity contribution in [2.45, 2.75) is 24.3 Å². The fourth-order valence-electron chi connectivity index (χ4n) is 2.71. The first kappa shape index (κ1) is 18.7. The minimum atomic E-state index is 0.137. The Bertz CT molecular complexity index is 1110. The van der Waals surface area contributed by atoms with Gasteiger partial charge < -0.3 is 21.3 Å². The van der Waals surface area contributed by atoms with Crippen LogP contribution in [0.2, 0.25) is 0 Å². The van der Waals surface area contributed by atoms with Gasteiger partial charge in [-0.15, -0.1) is 10.2 Å². The average Bonchev–Trinajstić information content (AvgIpc) is 3.36. The van der Waals surface area contributed by atoms with Crippen molar-refractivity contribution in [2.75, 3.05) is 16.9 Å². The minimum Gasteiger partial charge on any atom is -0.461 e. The Hall–Kier alpha value is -3.60. The Morgan fingerprint density at radius 1 is 1.10 bits per heavy atom. The van der Waals surface area contributed by atoms with Crippen molar-refractivity contribution in [3.8, 4) is 11.6 Å². The van der Waals surface area contributed by atoms with E-state index >= 15 is 0 Å². The minimum absolute atomic E-state index is 0.137. The summed E-state index contributed by atoms with van der Waals surface area (Å²) in [5.41, 5.74) is 7.96. The number of hydrogen-bond acceptors (Lipinski definition) is 10. The summed E-state index contributed by atoms with van der Waals surface area (Å²) in [6.45, 7) is 2.09. The van der Waals surface area contributed by atoms with Crippen LogP contribution in [-0.2, 0) is 12.2 Å². The highest BCUT2D eigenvalue weighted by atomic mass is 32.2. The Labute approximate surface area is 170 Å². The molecule has 0 radical (unpaired) electrons. The molecule has 0 saturated carbocycles. The number of rotatable bonds is 7. The molecule has 4 aromatic rings. The van der Waals surface area contributed by atoms with Gasteiger partial charge in [0.15, 0.2) is 5.76 Å². The fourth-order valence-corrected chi connectivity index (χ4v) is 3.42. The van der Waals surface area contributed by atoms with Gasteiger partial charge in [0.05, 0.1) is 12.0 Å². The number of aromatic nitrogens is 6. The predicted octanol–water partition coefficient (Wildman–Crippen LogP) is 2.62. The molecule has 3 heterocycles. The molecule has 4 rings (SSSR count). The van der Waals surface area contributed by atoms with Gasteiger partial charge in [-0.1, -0.05) is 36.9 Å². The maximum Gasteiger partial charge on any atom is 0.232 e. The predicted molar refractivity (Wildman–Crippen MR) is 111 cm³/mol. The van der Waals surface area contributed by atoms with Crippen LogP contribution in [0.4, 0.5) is 17.6 Å². The molecule has 0 aliphatic rings. The highest BCUT2D eigenvalue weighted by molar-refractivity contribution is 7.98. The smallest absolute Gasteiger partial charge is 0.232 e. The number of aryl methyl sites for hydroxylation is 1. The zero-order chi connectivity index (χ0) is 20.2. The first-order valence-corrected chi connectivity index (χ1v) is 9.85. The van der Waals surface area contributed by atoms with E-state index in [1.54, 1.807) is 18.4 Å². The highest BCUT2D eigenvalue weighted by Gasteiger charge is 2.15. The number of para-hydroxylation sites is 1. The average molecular weight is 409 g/mol. The second-order valence-corrected chi connectivity index (χ2v) is 6.95. The molecule has 0 aliphatic carbocycles. The molecule has 0 aliphatic heterocycles. The van der Waals surface area contributed by atoms with Crippen molar-refractivity contribution in [3.05, 3.63) is 54.0 Å². The first-order valence-electron chi connectivity index (χ1n) is 8.86. The summed E-state index contributed by atoms with van der Waals surface area (Å²) in [7, 11) is 0. The monoisotopic (exact) mass is 409 g/mol. The Morgan fingerprint density at radius 3 is 2.76 bits per heavy atom. The fraction of sp³-hybridized carbons (Fsp3) is 0.167. The molecule has 148 valence electrons. The molecule has 10 nitrogen and oxygen atoms in total. The molecule has 0 unspecified atom stereocenters. The van der Waals surface area contributed by atoms with Crippen molar-refractivity contribution in [1.82, 2.24) is 29.8 Å². The molecule has 0 fully saturated rings. The van der Waals surface area contributed by atoms with Crippen molar-refractivity contribution in [1.29, 1.82) is 0 Å². The molecule has 0 spiro atoms. The van der Waals surface area contributed by atoms with Crippen LogP contribution in [0.3, 0.4) is 0 Å². The third kappa shape index (κ3) is 4.14. The Morgan fingerprint density at radius 2 is 1.97 bits per heavy atom. The molecule has 0 saturated heterocycles. The summed E-state index contributed by atoms with van der Waals surface area (Å²) in [6, 6.07) is 11.5. The number of nitrogens with two attached hydrogens (primary N) is 2. The van der Waals surface area contributed by atoms with Gasteiger partial charge in [-0.3, -0.25) is 0 Å². The summed E-state index contributed by atoms with van der Waals surface area (Å²) >= 11 is 1.34. The summed E-state index contributed by atoms with van der Waals surface area (Å²) in [4.78, 5) is 12.8. The first-order chi connectivity index (χ1) is 14.1.